The van der Waals surface area contributed by atoms with Crippen LogP contribution < -0.4 is 15.8 Å². The summed E-state index contributed by atoms with van der Waals surface area (Å²) in [6.45, 7) is 5.72. The number of guanidine groups is 1. The Balaban J connectivity index is 0.00000441. The van der Waals surface area contributed by atoms with E-state index in [2.05, 4.69) is 16.9 Å². The molecular weight excluding hydrogens is 410 g/mol. The molecule has 0 aromatic heterocycles. The molecule has 3 N–H and O–H groups in total. The van der Waals surface area contributed by atoms with Crippen molar-refractivity contribution in [3.63, 3.8) is 0 Å². The van der Waals surface area contributed by atoms with Crippen molar-refractivity contribution in [3.05, 3.63) is 41.5 Å². The van der Waals surface area contributed by atoms with Crippen molar-refractivity contribution >= 4 is 29.9 Å². The molecule has 1 rings (SSSR count). The monoisotopic (exact) mass is 429 g/mol. The minimum atomic E-state index is -4.47. The highest BCUT2D eigenvalue weighted by molar-refractivity contribution is 14.0. The summed E-state index contributed by atoms with van der Waals surface area (Å²) < 4.78 is 43.8. The van der Waals surface area contributed by atoms with Gasteiger partial charge >= 0.3 is 6.18 Å². The van der Waals surface area contributed by atoms with Gasteiger partial charge in [-0.05, 0) is 24.6 Å². The maximum Gasteiger partial charge on any atom is 0.416 e. The van der Waals surface area contributed by atoms with Crippen molar-refractivity contribution in [3.8, 4) is 5.75 Å². The van der Waals surface area contributed by atoms with Crippen molar-refractivity contribution in [2.75, 3.05) is 13.7 Å². The molecular formula is C14H19F3IN3O. The summed E-state index contributed by atoms with van der Waals surface area (Å²) in [6, 6.07) is 3.73. The van der Waals surface area contributed by atoms with Gasteiger partial charge in [0.05, 0.1) is 19.2 Å². The smallest absolute Gasteiger partial charge is 0.416 e. The Hall–Kier alpha value is -1.45. The lowest BCUT2D eigenvalue weighted by Crippen LogP contribution is -2.32. The number of hydrogen-bond acceptors (Lipinski definition) is 2. The largest absolute Gasteiger partial charge is 0.497 e. The zero-order valence-electron chi connectivity index (χ0n) is 12.3. The van der Waals surface area contributed by atoms with Gasteiger partial charge in [0.2, 0.25) is 0 Å². The van der Waals surface area contributed by atoms with Crippen LogP contribution in [-0.4, -0.2) is 19.6 Å². The number of nitrogens with one attached hydrogen (secondary N) is 1. The van der Waals surface area contributed by atoms with Crippen molar-refractivity contribution in [1.29, 1.82) is 0 Å². The predicted octanol–water partition coefficient (Wildman–Crippen LogP) is 3.31. The van der Waals surface area contributed by atoms with Crippen LogP contribution in [0.5, 0.6) is 5.75 Å². The Kier molecular flexibility index (Phi) is 8.28. The molecule has 0 bridgehead atoms. The second-order valence-electron chi connectivity index (χ2n) is 4.53. The maximum absolute atomic E-state index is 13.0. The van der Waals surface area contributed by atoms with Crippen molar-refractivity contribution in [2.45, 2.75) is 19.6 Å². The molecule has 0 radical (unpaired) electrons. The van der Waals surface area contributed by atoms with Crippen LogP contribution in [0, 0.1) is 0 Å². The van der Waals surface area contributed by atoms with Crippen molar-refractivity contribution in [2.24, 2.45) is 10.7 Å². The lowest BCUT2D eigenvalue weighted by molar-refractivity contribution is -0.138. The fourth-order valence-corrected chi connectivity index (χ4v) is 1.55. The van der Waals surface area contributed by atoms with Gasteiger partial charge in [0.15, 0.2) is 5.96 Å². The molecule has 0 saturated carbocycles. The van der Waals surface area contributed by atoms with Gasteiger partial charge in [0, 0.05) is 6.54 Å². The van der Waals surface area contributed by atoms with Crippen LogP contribution in [0.4, 0.5) is 13.2 Å². The topological polar surface area (TPSA) is 59.6 Å². The number of aliphatic imine (C=N–C) groups is 1. The van der Waals surface area contributed by atoms with Crippen LogP contribution in [-0.2, 0) is 12.7 Å². The molecule has 22 heavy (non-hydrogen) atoms. The Morgan fingerprint density at radius 2 is 2.05 bits per heavy atom. The molecule has 8 heteroatoms. The molecule has 0 amide bonds. The average molecular weight is 429 g/mol. The molecule has 0 saturated heterocycles. The summed E-state index contributed by atoms with van der Waals surface area (Å²) in [5.41, 5.74) is 5.67. The van der Waals surface area contributed by atoms with E-state index in [9.17, 15) is 13.2 Å². The van der Waals surface area contributed by atoms with Crippen LogP contribution >= 0.6 is 24.0 Å². The maximum atomic E-state index is 13.0. The fraction of sp³-hybridized carbons (Fsp3) is 0.357. The number of nitrogens with two attached hydrogens (primary N) is 1. The van der Waals surface area contributed by atoms with Crippen LogP contribution in [0.2, 0.25) is 0 Å². The molecule has 0 unspecified atom stereocenters. The number of alkyl halides is 3. The van der Waals surface area contributed by atoms with Gasteiger partial charge in [-0.15, -0.1) is 24.0 Å². The summed E-state index contributed by atoms with van der Waals surface area (Å²) in [5, 5.41) is 2.76. The molecule has 0 heterocycles. The Morgan fingerprint density at radius 3 is 2.55 bits per heavy atom. The zero-order valence-corrected chi connectivity index (χ0v) is 14.7. The Morgan fingerprint density at radius 1 is 1.41 bits per heavy atom. The van der Waals surface area contributed by atoms with E-state index < -0.39 is 11.7 Å². The highest BCUT2D eigenvalue weighted by atomic mass is 127. The molecule has 4 nitrogen and oxygen atoms in total. The molecule has 1 aromatic rings. The summed E-state index contributed by atoms with van der Waals surface area (Å²) in [6.07, 6.45) is -4.47. The number of halogens is 4. The lowest BCUT2D eigenvalue weighted by atomic mass is 10.1. The van der Waals surface area contributed by atoms with E-state index in [1.165, 1.54) is 19.2 Å². The molecule has 0 aliphatic heterocycles. The first-order valence-corrected chi connectivity index (χ1v) is 6.16. The highest BCUT2D eigenvalue weighted by Crippen LogP contribution is 2.34. The minimum absolute atomic E-state index is 0. The quantitative estimate of drug-likeness (QED) is 0.327. The number of methoxy groups -OCH3 is 1. The molecule has 1 aromatic carbocycles. The van der Waals surface area contributed by atoms with Gasteiger partial charge in [0.25, 0.3) is 0 Å². The third kappa shape index (κ3) is 6.54. The van der Waals surface area contributed by atoms with Crippen LogP contribution in [0.25, 0.3) is 0 Å². The predicted molar refractivity (Wildman–Crippen MR) is 91.6 cm³/mol. The summed E-state index contributed by atoms with van der Waals surface area (Å²) in [5.74, 6) is 0.213. The third-order valence-corrected chi connectivity index (χ3v) is 2.61. The molecule has 0 fully saturated rings. The highest BCUT2D eigenvalue weighted by Gasteiger charge is 2.33. The van der Waals surface area contributed by atoms with E-state index >= 15 is 0 Å². The van der Waals surface area contributed by atoms with Gasteiger partial charge in [-0.2, -0.15) is 13.2 Å². The zero-order chi connectivity index (χ0) is 16.0. The SMILES string of the molecule is C=C(C)CNC(N)=NCc1ccc(OC)cc1C(F)(F)F.I. The first-order valence-electron chi connectivity index (χ1n) is 6.16. The molecule has 0 spiro atoms. The number of ether oxygens (including phenoxy) is 1. The fourth-order valence-electron chi connectivity index (χ4n) is 1.55. The summed E-state index contributed by atoms with van der Waals surface area (Å²) in [7, 11) is 1.31. The van der Waals surface area contributed by atoms with Crippen LogP contribution in [0.15, 0.2) is 35.3 Å². The number of benzene rings is 1. The Bertz CT molecular complexity index is 545. The van der Waals surface area contributed by atoms with Crippen LogP contribution in [0.3, 0.4) is 0 Å². The van der Waals surface area contributed by atoms with E-state index in [0.29, 0.717) is 6.54 Å². The minimum Gasteiger partial charge on any atom is -0.497 e. The van der Waals surface area contributed by atoms with Gasteiger partial charge < -0.3 is 15.8 Å². The lowest BCUT2D eigenvalue weighted by Gasteiger charge is -2.13. The van der Waals surface area contributed by atoms with Crippen molar-refractivity contribution in [1.82, 2.24) is 5.32 Å². The summed E-state index contributed by atoms with van der Waals surface area (Å²) >= 11 is 0. The van der Waals surface area contributed by atoms with E-state index in [1.807, 2.05) is 0 Å². The molecule has 0 atom stereocenters. The summed E-state index contributed by atoms with van der Waals surface area (Å²) in [4.78, 5) is 3.90. The average Bonchev–Trinajstić information content (AvgIpc) is 2.41. The second-order valence-corrected chi connectivity index (χ2v) is 4.53. The third-order valence-electron chi connectivity index (χ3n) is 2.61. The standard InChI is InChI=1S/C14H18F3N3O.HI/c1-9(2)7-19-13(18)20-8-10-4-5-11(21-3)6-12(10)14(15,16)17;/h4-6H,1,7-8H2,2-3H3,(H3,18,19,20);1H. The van der Waals surface area contributed by atoms with Gasteiger partial charge in [-0.1, -0.05) is 18.2 Å². The Labute approximate surface area is 144 Å². The molecule has 124 valence electrons. The number of nitrogens with zero attached hydrogens (tertiary/aromatic N) is 1. The van der Waals surface area contributed by atoms with E-state index in [1.54, 1.807) is 6.92 Å². The van der Waals surface area contributed by atoms with E-state index in [0.717, 1.165) is 11.6 Å². The van der Waals surface area contributed by atoms with Gasteiger partial charge in [-0.3, -0.25) is 0 Å². The normalized spacial score (nSPS) is 11.6. The van der Waals surface area contributed by atoms with Gasteiger partial charge in [0.1, 0.15) is 5.75 Å². The first-order chi connectivity index (χ1) is 9.74. The molecule has 0 aliphatic rings. The van der Waals surface area contributed by atoms with E-state index in [4.69, 9.17) is 10.5 Å². The van der Waals surface area contributed by atoms with E-state index in [-0.39, 0.29) is 47.8 Å². The van der Waals surface area contributed by atoms with Gasteiger partial charge in [-0.25, -0.2) is 4.99 Å². The first kappa shape index (κ1) is 20.6. The second kappa shape index (κ2) is 8.86. The molecule has 0 aliphatic carbocycles. The number of rotatable bonds is 5. The number of hydrogen-bond donors (Lipinski definition) is 2. The van der Waals surface area contributed by atoms with Crippen molar-refractivity contribution < 1.29 is 17.9 Å². The van der Waals surface area contributed by atoms with Crippen LogP contribution in [0.1, 0.15) is 18.1 Å².